The summed E-state index contributed by atoms with van der Waals surface area (Å²) < 4.78 is 0. The minimum atomic E-state index is 0.752. The van der Waals surface area contributed by atoms with Crippen LogP contribution in [0.25, 0.3) is 0 Å². The lowest BCUT2D eigenvalue weighted by Crippen LogP contribution is -2.55. The number of likely N-dealkylation sites (N-methyl/N-ethyl adjacent to an activating group) is 1. The summed E-state index contributed by atoms with van der Waals surface area (Å²) in [5.41, 5.74) is 0. The smallest absolute Gasteiger partial charge is 0.0346 e. The second-order valence-electron chi connectivity index (χ2n) is 3.74. The topological polar surface area (TPSA) is 15.3 Å². The van der Waals surface area contributed by atoms with Crippen LogP contribution in [0.5, 0.6) is 0 Å². The van der Waals surface area contributed by atoms with Crippen LogP contribution in [0.15, 0.2) is 12.1 Å². The zero-order valence-electron chi connectivity index (χ0n) is 8.21. The molecule has 0 aliphatic carbocycles. The highest BCUT2D eigenvalue weighted by Gasteiger charge is 2.21. The van der Waals surface area contributed by atoms with E-state index < -0.39 is 0 Å². The number of nitrogens with zero attached hydrogens (tertiary/aromatic N) is 1. The van der Waals surface area contributed by atoms with Gasteiger partial charge in [0.25, 0.3) is 0 Å². The maximum Gasteiger partial charge on any atom is 0.0346 e. The molecular weight excluding hydrogens is 180 g/mol. The zero-order valence-corrected chi connectivity index (χ0v) is 9.03. The number of rotatable bonds is 3. The first kappa shape index (κ1) is 9.19. The van der Waals surface area contributed by atoms with E-state index in [0.29, 0.717) is 0 Å². The monoisotopic (exact) mass is 196 g/mol. The summed E-state index contributed by atoms with van der Waals surface area (Å²) in [6.45, 7) is 5.58. The van der Waals surface area contributed by atoms with E-state index in [1.807, 2.05) is 11.3 Å². The van der Waals surface area contributed by atoms with Crippen LogP contribution in [0, 0.1) is 6.92 Å². The lowest BCUT2D eigenvalue weighted by Gasteiger charge is -2.35. The van der Waals surface area contributed by atoms with E-state index >= 15 is 0 Å². The van der Waals surface area contributed by atoms with Gasteiger partial charge in [-0.15, -0.1) is 11.3 Å². The molecule has 0 saturated carbocycles. The van der Waals surface area contributed by atoms with Gasteiger partial charge in [0, 0.05) is 35.4 Å². The first-order valence-corrected chi connectivity index (χ1v) is 5.53. The molecule has 1 fully saturated rings. The van der Waals surface area contributed by atoms with Gasteiger partial charge in [-0.05, 0) is 26.1 Å². The maximum atomic E-state index is 3.29. The highest BCUT2D eigenvalue weighted by atomic mass is 32.1. The van der Waals surface area contributed by atoms with Crippen molar-refractivity contribution in [3.63, 3.8) is 0 Å². The zero-order chi connectivity index (χ0) is 9.26. The summed E-state index contributed by atoms with van der Waals surface area (Å²) in [4.78, 5) is 5.32. The Kier molecular flexibility index (Phi) is 2.67. The Hall–Kier alpha value is -0.380. The van der Waals surface area contributed by atoms with Crippen LogP contribution in [0.3, 0.4) is 0 Å². The van der Waals surface area contributed by atoms with Crippen molar-refractivity contribution in [3.8, 4) is 0 Å². The lowest BCUT2D eigenvalue weighted by atomic mass is 10.1. The number of aryl methyl sites for hydroxylation is 1. The average Bonchev–Trinajstić information content (AvgIpc) is 2.31. The fourth-order valence-corrected chi connectivity index (χ4v) is 2.48. The molecule has 1 saturated heterocycles. The molecule has 1 aromatic rings. The number of hydrogen-bond donors (Lipinski definition) is 1. The van der Waals surface area contributed by atoms with Gasteiger partial charge in [0.15, 0.2) is 0 Å². The summed E-state index contributed by atoms with van der Waals surface area (Å²) in [6.07, 6.45) is 0. The molecule has 0 radical (unpaired) electrons. The van der Waals surface area contributed by atoms with Crippen molar-refractivity contribution in [3.05, 3.63) is 21.9 Å². The minimum Gasteiger partial charge on any atom is -0.314 e. The Morgan fingerprint density at radius 1 is 1.54 bits per heavy atom. The number of nitrogens with one attached hydrogen (secondary N) is 1. The van der Waals surface area contributed by atoms with Crippen LogP contribution in [-0.2, 0) is 6.54 Å². The standard InChI is InChI=1S/C10H16N2S/c1-8-3-4-10(13-8)7-12(2)9-5-11-6-9/h3-4,9,11H,5-7H2,1-2H3. The average molecular weight is 196 g/mol. The van der Waals surface area contributed by atoms with Crippen molar-refractivity contribution in [2.45, 2.75) is 19.5 Å². The van der Waals surface area contributed by atoms with Gasteiger partial charge in [-0.1, -0.05) is 0 Å². The second kappa shape index (κ2) is 3.78. The van der Waals surface area contributed by atoms with Crippen molar-refractivity contribution < 1.29 is 0 Å². The van der Waals surface area contributed by atoms with E-state index in [0.717, 1.165) is 25.7 Å². The van der Waals surface area contributed by atoms with Crippen molar-refractivity contribution >= 4 is 11.3 Å². The third-order valence-corrected chi connectivity index (χ3v) is 3.57. The van der Waals surface area contributed by atoms with E-state index in [9.17, 15) is 0 Å². The predicted octanol–water partition coefficient (Wildman–Crippen LogP) is 1.46. The first-order valence-electron chi connectivity index (χ1n) is 4.72. The van der Waals surface area contributed by atoms with E-state index in [4.69, 9.17) is 0 Å². The van der Waals surface area contributed by atoms with Gasteiger partial charge in [-0.2, -0.15) is 0 Å². The van der Waals surface area contributed by atoms with Gasteiger partial charge in [0.05, 0.1) is 0 Å². The molecule has 1 N–H and O–H groups in total. The van der Waals surface area contributed by atoms with Gasteiger partial charge in [0.1, 0.15) is 0 Å². The molecule has 0 aromatic carbocycles. The Balaban J connectivity index is 1.89. The largest absolute Gasteiger partial charge is 0.314 e. The van der Waals surface area contributed by atoms with Crippen molar-refractivity contribution in [1.29, 1.82) is 0 Å². The fraction of sp³-hybridized carbons (Fsp3) is 0.600. The van der Waals surface area contributed by atoms with Crippen LogP contribution < -0.4 is 5.32 Å². The van der Waals surface area contributed by atoms with Gasteiger partial charge in [-0.3, -0.25) is 4.90 Å². The highest BCUT2D eigenvalue weighted by Crippen LogP contribution is 2.18. The molecule has 1 aliphatic heterocycles. The van der Waals surface area contributed by atoms with Crippen LogP contribution in [0.2, 0.25) is 0 Å². The molecule has 1 aromatic heterocycles. The second-order valence-corrected chi connectivity index (χ2v) is 5.11. The van der Waals surface area contributed by atoms with Crippen molar-refractivity contribution in [1.82, 2.24) is 10.2 Å². The summed E-state index contributed by atoms with van der Waals surface area (Å²) in [5.74, 6) is 0. The third kappa shape index (κ3) is 2.10. The first-order chi connectivity index (χ1) is 6.25. The predicted molar refractivity (Wildman–Crippen MR) is 57.2 cm³/mol. The molecule has 0 spiro atoms. The quantitative estimate of drug-likeness (QED) is 0.787. The molecule has 72 valence electrons. The lowest BCUT2D eigenvalue weighted by molar-refractivity contribution is 0.174. The molecule has 0 amide bonds. The van der Waals surface area contributed by atoms with Gasteiger partial charge in [0.2, 0.25) is 0 Å². The Labute approximate surface area is 83.6 Å². The number of hydrogen-bond acceptors (Lipinski definition) is 3. The Morgan fingerprint density at radius 3 is 2.77 bits per heavy atom. The molecule has 2 nitrogen and oxygen atoms in total. The SMILES string of the molecule is Cc1ccc(CN(C)C2CNC2)s1. The highest BCUT2D eigenvalue weighted by molar-refractivity contribution is 7.11. The minimum absolute atomic E-state index is 0.752. The maximum absolute atomic E-state index is 3.29. The molecule has 0 bridgehead atoms. The van der Waals surface area contributed by atoms with Crippen LogP contribution in [0.4, 0.5) is 0 Å². The third-order valence-electron chi connectivity index (χ3n) is 2.58. The van der Waals surface area contributed by atoms with E-state index in [1.54, 1.807) is 0 Å². The van der Waals surface area contributed by atoms with E-state index in [1.165, 1.54) is 9.75 Å². The van der Waals surface area contributed by atoms with Gasteiger partial charge >= 0.3 is 0 Å². The summed E-state index contributed by atoms with van der Waals surface area (Å²) in [6, 6.07) is 5.19. The van der Waals surface area contributed by atoms with Gasteiger partial charge < -0.3 is 5.32 Å². The fourth-order valence-electron chi connectivity index (χ4n) is 1.53. The molecule has 2 rings (SSSR count). The summed E-state index contributed by atoms with van der Waals surface area (Å²) in [7, 11) is 2.21. The van der Waals surface area contributed by atoms with Crippen LogP contribution in [0.1, 0.15) is 9.75 Å². The van der Waals surface area contributed by atoms with Gasteiger partial charge in [-0.25, -0.2) is 0 Å². The van der Waals surface area contributed by atoms with E-state index in [-0.39, 0.29) is 0 Å². The normalized spacial score (nSPS) is 17.8. The summed E-state index contributed by atoms with van der Waals surface area (Å²) >= 11 is 1.91. The Morgan fingerprint density at radius 2 is 2.31 bits per heavy atom. The molecule has 2 heterocycles. The van der Waals surface area contributed by atoms with Crippen LogP contribution >= 0.6 is 11.3 Å². The molecule has 3 heteroatoms. The summed E-state index contributed by atoms with van der Waals surface area (Å²) in [5, 5.41) is 3.29. The molecule has 0 unspecified atom stereocenters. The number of thiophene rings is 1. The van der Waals surface area contributed by atoms with Crippen molar-refractivity contribution in [2.75, 3.05) is 20.1 Å². The molecular formula is C10H16N2S. The van der Waals surface area contributed by atoms with E-state index in [2.05, 4.69) is 36.3 Å². The molecule has 0 atom stereocenters. The molecule has 13 heavy (non-hydrogen) atoms. The molecule has 1 aliphatic rings. The Bertz CT molecular complexity index is 278. The van der Waals surface area contributed by atoms with Crippen molar-refractivity contribution in [2.24, 2.45) is 0 Å². The van der Waals surface area contributed by atoms with Crippen LogP contribution in [-0.4, -0.2) is 31.1 Å².